The van der Waals surface area contributed by atoms with E-state index >= 15 is 0 Å². The van der Waals surface area contributed by atoms with Crippen LogP contribution in [0.4, 0.5) is 0 Å². The lowest BCUT2D eigenvalue weighted by atomic mass is 10.3. The maximum absolute atomic E-state index is 11.0. The van der Waals surface area contributed by atoms with Gasteiger partial charge in [-0.15, -0.1) is 0 Å². The summed E-state index contributed by atoms with van der Waals surface area (Å²) >= 11 is 0. The van der Waals surface area contributed by atoms with E-state index < -0.39 is 23.9 Å². The summed E-state index contributed by atoms with van der Waals surface area (Å²) in [7, 11) is 0. The van der Waals surface area contributed by atoms with Crippen molar-refractivity contribution in [3.8, 4) is 0 Å². The largest absolute Gasteiger partial charge is 0.481 e. The van der Waals surface area contributed by atoms with E-state index in [4.69, 9.17) is 10.2 Å². The molecule has 0 amide bonds. The highest BCUT2D eigenvalue weighted by molar-refractivity contribution is 5.77. The molecule has 0 radical (unpaired) electrons. The number of carbonyl (C=O) groups is 4. The molecule has 0 spiro atoms. The van der Waals surface area contributed by atoms with Gasteiger partial charge in [0.25, 0.3) is 0 Å². The Kier molecular flexibility index (Phi) is 8.76. The van der Waals surface area contributed by atoms with Crippen molar-refractivity contribution in [2.45, 2.75) is 32.1 Å². The molecule has 8 nitrogen and oxygen atoms in total. The third-order valence-electron chi connectivity index (χ3n) is 1.90. The van der Waals surface area contributed by atoms with Crippen LogP contribution >= 0.6 is 0 Å². The third-order valence-corrected chi connectivity index (χ3v) is 1.90. The Morgan fingerprint density at radius 2 is 1.05 bits per heavy atom. The number of aliphatic carboxylic acids is 2. The van der Waals surface area contributed by atoms with Gasteiger partial charge in [-0.2, -0.15) is 0 Å². The minimum atomic E-state index is -1.08. The molecule has 0 heterocycles. The zero-order chi connectivity index (χ0) is 14.7. The third kappa shape index (κ3) is 12.1. The fourth-order valence-corrected chi connectivity index (χ4v) is 0.993. The second kappa shape index (κ2) is 9.86. The first-order valence-corrected chi connectivity index (χ1v) is 5.66. The average Bonchev–Trinajstić information content (AvgIpc) is 2.33. The molecule has 0 bridgehead atoms. The summed E-state index contributed by atoms with van der Waals surface area (Å²) in [5, 5.41) is 16.6. The van der Waals surface area contributed by atoms with Gasteiger partial charge in [-0.3, -0.25) is 19.2 Å². The van der Waals surface area contributed by atoms with E-state index in [9.17, 15) is 19.2 Å². The molecule has 0 aromatic heterocycles. The highest BCUT2D eigenvalue weighted by Crippen LogP contribution is 1.96. The zero-order valence-corrected chi connectivity index (χ0v) is 10.3. The molecular weight excluding hydrogens is 260 g/mol. The van der Waals surface area contributed by atoms with Gasteiger partial charge in [-0.1, -0.05) is 0 Å². The molecule has 0 atom stereocenters. The Balaban J connectivity index is 3.44. The predicted molar refractivity (Wildman–Crippen MR) is 60.3 cm³/mol. The molecular formula is C11H16O8. The van der Waals surface area contributed by atoms with E-state index in [0.717, 1.165) is 0 Å². The number of carboxylic acids is 2. The molecule has 19 heavy (non-hydrogen) atoms. The first-order valence-electron chi connectivity index (χ1n) is 5.66. The van der Waals surface area contributed by atoms with Crippen LogP contribution in [-0.2, 0) is 28.7 Å². The van der Waals surface area contributed by atoms with Crippen molar-refractivity contribution in [1.29, 1.82) is 0 Å². The number of ether oxygens (including phenoxy) is 2. The molecule has 0 aliphatic carbocycles. The summed E-state index contributed by atoms with van der Waals surface area (Å²) in [5.41, 5.74) is 0. The summed E-state index contributed by atoms with van der Waals surface area (Å²) in [6.45, 7) is 0.0370. The van der Waals surface area contributed by atoms with Gasteiger partial charge in [-0.05, 0) is 0 Å². The standard InChI is InChI=1S/C11H16O8/c12-8(13)2-4-10(16)18-6-1-7-19-11(17)5-3-9(14)15/h1-7H2,(H,12,13)(H,14,15). The lowest BCUT2D eigenvalue weighted by molar-refractivity contribution is -0.150. The predicted octanol–water partition coefficient (Wildman–Crippen LogP) is 0.192. The first kappa shape index (κ1) is 16.9. The van der Waals surface area contributed by atoms with Crippen molar-refractivity contribution < 1.29 is 38.9 Å². The molecule has 0 rings (SSSR count). The molecule has 0 fully saturated rings. The van der Waals surface area contributed by atoms with Crippen LogP contribution in [0, 0.1) is 0 Å². The zero-order valence-electron chi connectivity index (χ0n) is 10.3. The van der Waals surface area contributed by atoms with Crippen molar-refractivity contribution in [3.63, 3.8) is 0 Å². The van der Waals surface area contributed by atoms with Crippen LogP contribution in [0.15, 0.2) is 0 Å². The molecule has 2 N–H and O–H groups in total. The number of carboxylic acid groups (broad SMARTS) is 2. The molecule has 0 aliphatic rings. The minimum absolute atomic E-state index is 0.0185. The molecule has 0 saturated heterocycles. The highest BCUT2D eigenvalue weighted by atomic mass is 16.5. The highest BCUT2D eigenvalue weighted by Gasteiger charge is 2.08. The Hall–Kier alpha value is -2.12. The molecule has 0 unspecified atom stereocenters. The second-order valence-electron chi connectivity index (χ2n) is 3.58. The summed E-state index contributed by atoms with van der Waals surface area (Å²) in [6.07, 6.45) is -0.703. The minimum Gasteiger partial charge on any atom is -0.481 e. The lowest BCUT2D eigenvalue weighted by Crippen LogP contribution is -2.12. The van der Waals surface area contributed by atoms with Crippen LogP contribution in [0.2, 0.25) is 0 Å². The van der Waals surface area contributed by atoms with Gasteiger partial charge in [0, 0.05) is 6.42 Å². The van der Waals surface area contributed by atoms with E-state index in [1.54, 1.807) is 0 Å². The second-order valence-corrected chi connectivity index (χ2v) is 3.58. The van der Waals surface area contributed by atoms with Crippen molar-refractivity contribution in [2.75, 3.05) is 13.2 Å². The van der Waals surface area contributed by atoms with Gasteiger partial charge in [-0.25, -0.2) is 0 Å². The van der Waals surface area contributed by atoms with Crippen LogP contribution in [-0.4, -0.2) is 47.3 Å². The van der Waals surface area contributed by atoms with Gasteiger partial charge >= 0.3 is 23.9 Å². The number of esters is 2. The molecule has 0 aromatic carbocycles. The molecule has 0 saturated carbocycles. The Morgan fingerprint density at radius 1 is 0.684 bits per heavy atom. The average molecular weight is 276 g/mol. The Morgan fingerprint density at radius 3 is 1.37 bits per heavy atom. The molecule has 108 valence electrons. The van der Waals surface area contributed by atoms with Crippen molar-refractivity contribution >= 4 is 23.9 Å². The topological polar surface area (TPSA) is 127 Å². The van der Waals surface area contributed by atoms with Gasteiger partial charge in [0.2, 0.25) is 0 Å². The fourth-order valence-electron chi connectivity index (χ4n) is 0.993. The number of rotatable bonds is 10. The first-order chi connectivity index (χ1) is 8.91. The van der Waals surface area contributed by atoms with Gasteiger partial charge in [0.05, 0.1) is 38.9 Å². The summed E-state index contributed by atoms with van der Waals surface area (Å²) < 4.78 is 9.37. The summed E-state index contributed by atoms with van der Waals surface area (Å²) in [6, 6.07) is 0. The van der Waals surface area contributed by atoms with Crippen molar-refractivity contribution in [1.82, 2.24) is 0 Å². The number of hydrogen-bond donors (Lipinski definition) is 2. The van der Waals surface area contributed by atoms with Crippen molar-refractivity contribution in [3.05, 3.63) is 0 Å². The fraction of sp³-hybridized carbons (Fsp3) is 0.636. The van der Waals surface area contributed by atoms with E-state index in [2.05, 4.69) is 9.47 Å². The summed E-state index contributed by atoms with van der Waals surface area (Å²) in [5.74, 6) is -3.41. The van der Waals surface area contributed by atoms with E-state index in [-0.39, 0.29) is 45.3 Å². The summed E-state index contributed by atoms with van der Waals surface area (Å²) in [4.78, 5) is 42.2. The molecule has 8 heteroatoms. The van der Waals surface area contributed by atoms with Crippen LogP contribution in [0.25, 0.3) is 0 Å². The molecule has 0 aliphatic heterocycles. The van der Waals surface area contributed by atoms with Crippen molar-refractivity contribution in [2.24, 2.45) is 0 Å². The Labute approximate surface area is 109 Å². The van der Waals surface area contributed by atoms with Gasteiger partial charge in [0.15, 0.2) is 0 Å². The van der Waals surface area contributed by atoms with Crippen LogP contribution in [0.3, 0.4) is 0 Å². The molecule has 0 aromatic rings. The number of carbonyl (C=O) groups excluding carboxylic acids is 2. The maximum Gasteiger partial charge on any atom is 0.306 e. The van der Waals surface area contributed by atoms with E-state index in [1.165, 1.54) is 0 Å². The van der Waals surface area contributed by atoms with Crippen LogP contribution in [0.1, 0.15) is 32.1 Å². The lowest BCUT2D eigenvalue weighted by Gasteiger charge is -2.05. The van der Waals surface area contributed by atoms with E-state index in [0.29, 0.717) is 0 Å². The SMILES string of the molecule is O=C(O)CCC(=O)OCCCOC(=O)CCC(=O)O. The smallest absolute Gasteiger partial charge is 0.306 e. The normalized spacial score (nSPS) is 9.68. The van der Waals surface area contributed by atoms with Crippen LogP contribution in [0.5, 0.6) is 0 Å². The van der Waals surface area contributed by atoms with Gasteiger partial charge in [0.1, 0.15) is 0 Å². The quantitative estimate of drug-likeness (QED) is 0.427. The maximum atomic E-state index is 11.0. The van der Waals surface area contributed by atoms with Crippen LogP contribution < -0.4 is 0 Å². The monoisotopic (exact) mass is 276 g/mol. The number of hydrogen-bond acceptors (Lipinski definition) is 6. The van der Waals surface area contributed by atoms with Gasteiger partial charge < -0.3 is 19.7 Å². The Bertz CT molecular complexity index is 304. The van der Waals surface area contributed by atoms with E-state index in [1.807, 2.05) is 0 Å².